The van der Waals surface area contributed by atoms with Gasteiger partial charge in [0.2, 0.25) is 0 Å². The predicted molar refractivity (Wildman–Crippen MR) is 113 cm³/mol. The number of nitrogens with zero attached hydrogens (tertiary/aromatic N) is 2. The molecule has 4 nitrogen and oxygen atoms in total. The van der Waals surface area contributed by atoms with E-state index in [4.69, 9.17) is 23.8 Å². The zero-order valence-corrected chi connectivity index (χ0v) is 15.9. The maximum absolute atomic E-state index is 6.24. The van der Waals surface area contributed by atoms with E-state index in [0.717, 1.165) is 27.5 Å². The molecule has 0 fully saturated rings. The van der Waals surface area contributed by atoms with Crippen LogP contribution in [0, 0.1) is 6.92 Å². The minimum atomic E-state index is 0.444. The van der Waals surface area contributed by atoms with E-state index >= 15 is 0 Å². The molecule has 0 bridgehead atoms. The molecule has 0 aliphatic carbocycles. The lowest BCUT2D eigenvalue weighted by Crippen LogP contribution is -2.24. The highest BCUT2D eigenvalue weighted by molar-refractivity contribution is 7.80. The number of hydrogen-bond acceptors (Lipinski definition) is 2. The highest BCUT2D eigenvalue weighted by Gasteiger charge is 2.03. The van der Waals surface area contributed by atoms with Crippen LogP contribution in [-0.2, 0) is 6.54 Å². The Balaban J connectivity index is 1.61. The lowest BCUT2D eigenvalue weighted by Gasteiger charge is -2.10. The van der Waals surface area contributed by atoms with Crippen LogP contribution in [0.25, 0.3) is 0 Å². The average molecular weight is 383 g/mol. The highest BCUT2D eigenvalue weighted by atomic mass is 35.5. The Morgan fingerprint density at radius 1 is 1.12 bits per heavy atom. The summed E-state index contributed by atoms with van der Waals surface area (Å²) < 4.78 is 2.07. The SMILES string of the molecule is Cc1ccccc1NC(=S)NN=Cc1cccn1Cc1ccccc1Cl. The molecule has 0 unspecified atom stereocenters. The molecule has 0 atom stereocenters. The first-order chi connectivity index (χ1) is 12.6. The number of rotatable bonds is 5. The van der Waals surface area contributed by atoms with Gasteiger partial charge in [-0.2, -0.15) is 5.10 Å². The molecule has 0 saturated heterocycles. The van der Waals surface area contributed by atoms with E-state index in [1.54, 1.807) is 6.21 Å². The van der Waals surface area contributed by atoms with Crippen LogP contribution in [0.3, 0.4) is 0 Å². The van der Waals surface area contributed by atoms with Crippen molar-refractivity contribution in [2.24, 2.45) is 5.10 Å². The van der Waals surface area contributed by atoms with Gasteiger partial charge >= 0.3 is 0 Å². The molecular formula is C20H19ClN4S. The van der Waals surface area contributed by atoms with E-state index in [2.05, 4.69) is 20.4 Å². The Hall–Kier alpha value is -2.63. The second-order valence-electron chi connectivity index (χ2n) is 5.79. The van der Waals surface area contributed by atoms with Gasteiger partial charge in [-0.3, -0.25) is 5.43 Å². The Kier molecular flexibility index (Phi) is 6.04. The summed E-state index contributed by atoms with van der Waals surface area (Å²) in [5.74, 6) is 0. The van der Waals surface area contributed by atoms with Crippen molar-refractivity contribution in [2.45, 2.75) is 13.5 Å². The molecule has 0 radical (unpaired) electrons. The van der Waals surface area contributed by atoms with Crippen LogP contribution in [0.1, 0.15) is 16.8 Å². The van der Waals surface area contributed by atoms with Crippen LogP contribution in [0.4, 0.5) is 5.69 Å². The maximum Gasteiger partial charge on any atom is 0.191 e. The Bertz CT molecular complexity index is 933. The van der Waals surface area contributed by atoms with Crippen molar-refractivity contribution in [2.75, 3.05) is 5.32 Å². The smallest absolute Gasteiger partial charge is 0.191 e. The van der Waals surface area contributed by atoms with E-state index in [1.807, 2.05) is 73.8 Å². The van der Waals surface area contributed by atoms with Crippen LogP contribution in [0.2, 0.25) is 5.02 Å². The zero-order valence-electron chi connectivity index (χ0n) is 14.3. The predicted octanol–water partition coefficient (Wildman–Crippen LogP) is 4.82. The van der Waals surface area contributed by atoms with Gasteiger partial charge in [-0.25, -0.2) is 0 Å². The third-order valence-electron chi connectivity index (χ3n) is 3.92. The topological polar surface area (TPSA) is 41.4 Å². The Morgan fingerprint density at radius 2 is 1.88 bits per heavy atom. The molecule has 0 aliphatic rings. The fourth-order valence-corrected chi connectivity index (χ4v) is 2.88. The molecule has 26 heavy (non-hydrogen) atoms. The van der Waals surface area contributed by atoms with Gasteiger partial charge < -0.3 is 9.88 Å². The lowest BCUT2D eigenvalue weighted by molar-refractivity contribution is 0.799. The number of benzene rings is 2. The summed E-state index contributed by atoms with van der Waals surface area (Å²) in [6.45, 7) is 2.70. The summed E-state index contributed by atoms with van der Waals surface area (Å²) in [4.78, 5) is 0. The normalized spacial score (nSPS) is 10.8. The van der Waals surface area contributed by atoms with Gasteiger partial charge in [-0.15, -0.1) is 0 Å². The number of aryl methyl sites for hydroxylation is 1. The number of aromatic nitrogens is 1. The van der Waals surface area contributed by atoms with Crippen LogP contribution in [0.5, 0.6) is 0 Å². The third kappa shape index (κ3) is 4.71. The number of hydrogen-bond donors (Lipinski definition) is 2. The number of para-hydroxylation sites is 1. The van der Waals surface area contributed by atoms with Crippen LogP contribution < -0.4 is 10.7 Å². The minimum absolute atomic E-state index is 0.444. The molecule has 6 heteroatoms. The van der Waals surface area contributed by atoms with Gasteiger partial charge in [-0.05, 0) is 54.5 Å². The second kappa shape index (κ2) is 8.65. The molecule has 0 saturated carbocycles. The number of hydrazone groups is 1. The number of thiocarbonyl (C=S) groups is 1. The largest absolute Gasteiger partial charge is 0.342 e. The lowest BCUT2D eigenvalue weighted by atomic mass is 10.2. The van der Waals surface area contributed by atoms with Crippen LogP contribution >= 0.6 is 23.8 Å². The van der Waals surface area contributed by atoms with Gasteiger partial charge in [-0.1, -0.05) is 48.0 Å². The fourth-order valence-electron chi connectivity index (χ4n) is 2.52. The number of anilines is 1. The maximum atomic E-state index is 6.24. The van der Waals surface area contributed by atoms with Gasteiger partial charge in [0.15, 0.2) is 5.11 Å². The summed E-state index contributed by atoms with van der Waals surface area (Å²) in [5, 5.41) is 8.57. The van der Waals surface area contributed by atoms with Crippen molar-refractivity contribution in [1.29, 1.82) is 0 Å². The molecule has 2 N–H and O–H groups in total. The van der Waals surface area contributed by atoms with Gasteiger partial charge in [0.05, 0.1) is 11.9 Å². The van der Waals surface area contributed by atoms with E-state index in [9.17, 15) is 0 Å². The molecule has 3 rings (SSSR count). The molecule has 0 aliphatic heterocycles. The molecule has 0 amide bonds. The summed E-state index contributed by atoms with van der Waals surface area (Å²) in [7, 11) is 0. The molecule has 3 aromatic rings. The van der Waals surface area contributed by atoms with Crippen molar-refractivity contribution in [3.63, 3.8) is 0 Å². The van der Waals surface area contributed by atoms with Gasteiger partial charge in [0.1, 0.15) is 0 Å². The number of nitrogens with one attached hydrogen (secondary N) is 2. The third-order valence-corrected chi connectivity index (χ3v) is 4.48. The van der Waals surface area contributed by atoms with Gasteiger partial charge in [0, 0.05) is 23.5 Å². The Morgan fingerprint density at radius 3 is 2.69 bits per heavy atom. The van der Waals surface area contributed by atoms with Crippen molar-refractivity contribution in [3.05, 3.63) is 88.7 Å². The molecule has 1 aromatic heterocycles. The fraction of sp³-hybridized carbons (Fsp3) is 0.100. The first-order valence-corrected chi connectivity index (χ1v) is 8.96. The van der Waals surface area contributed by atoms with Crippen molar-refractivity contribution >= 4 is 40.8 Å². The molecule has 132 valence electrons. The molecule has 2 aromatic carbocycles. The summed E-state index contributed by atoms with van der Waals surface area (Å²) in [6, 6.07) is 19.7. The van der Waals surface area contributed by atoms with E-state index in [1.165, 1.54) is 0 Å². The van der Waals surface area contributed by atoms with Crippen molar-refractivity contribution in [1.82, 2.24) is 9.99 Å². The van der Waals surface area contributed by atoms with Crippen molar-refractivity contribution < 1.29 is 0 Å². The highest BCUT2D eigenvalue weighted by Crippen LogP contribution is 2.17. The minimum Gasteiger partial charge on any atom is -0.342 e. The molecule has 1 heterocycles. The second-order valence-corrected chi connectivity index (χ2v) is 6.61. The summed E-state index contributed by atoms with van der Waals surface area (Å²) >= 11 is 11.5. The summed E-state index contributed by atoms with van der Waals surface area (Å²) in [6.07, 6.45) is 3.73. The molecular weight excluding hydrogens is 364 g/mol. The Labute approximate surface area is 163 Å². The van der Waals surface area contributed by atoms with Crippen LogP contribution in [-0.4, -0.2) is 15.9 Å². The molecule has 0 spiro atoms. The van der Waals surface area contributed by atoms with E-state index in [0.29, 0.717) is 11.7 Å². The van der Waals surface area contributed by atoms with E-state index in [-0.39, 0.29) is 0 Å². The average Bonchev–Trinajstić information content (AvgIpc) is 3.06. The van der Waals surface area contributed by atoms with Crippen LogP contribution in [0.15, 0.2) is 72.0 Å². The number of halogens is 1. The zero-order chi connectivity index (χ0) is 18.4. The standard InChI is InChI=1S/C20H19ClN4S/c1-15-7-2-5-11-19(15)23-20(26)24-22-13-17-9-6-12-25(17)14-16-8-3-4-10-18(16)21/h2-13H,14H2,1H3,(H2,23,24,26). The monoisotopic (exact) mass is 382 g/mol. The van der Waals surface area contributed by atoms with Gasteiger partial charge in [0.25, 0.3) is 0 Å². The van der Waals surface area contributed by atoms with Crippen molar-refractivity contribution in [3.8, 4) is 0 Å². The summed E-state index contributed by atoms with van der Waals surface area (Å²) in [5.41, 5.74) is 6.94. The quantitative estimate of drug-likeness (QED) is 0.377. The van der Waals surface area contributed by atoms with E-state index < -0.39 is 0 Å². The first-order valence-electron chi connectivity index (χ1n) is 8.18. The first kappa shape index (κ1) is 18.2.